The molecule has 0 heterocycles. The number of hydrogen-bond donors (Lipinski definition) is 4. The van der Waals surface area contributed by atoms with E-state index in [1.165, 1.54) is 0 Å². The van der Waals surface area contributed by atoms with E-state index in [0.29, 0.717) is 54.6 Å². The van der Waals surface area contributed by atoms with Crippen LogP contribution in [0.3, 0.4) is 0 Å². The number of carboxylic acid groups (broad SMARTS) is 1. The fraction of sp³-hybridized carbons (Fsp3) is 0.216. The minimum atomic E-state index is -5.10. The molecule has 0 aliphatic rings. The molecule has 0 spiro atoms. The van der Waals surface area contributed by atoms with Gasteiger partial charge in [0.2, 0.25) is 0 Å². The van der Waals surface area contributed by atoms with Gasteiger partial charge in [-0.3, -0.25) is 14.4 Å². The highest BCUT2D eigenvalue weighted by Crippen LogP contribution is 2.40. The zero-order valence-corrected chi connectivity index (χ0v) is 39.9. The lowest BCUT2D eigenvalue weighted by Gasteiger charge is -2.36. The molecule has 29 heteroatoms. The normalized spacial score (nSPS) is 13.5. The molecule has 0 fully saturated rings. The first kappa shape index (κ1) is 62.2. The molecule has 80 heavy (non-hydrogen) atoms. The summed E-state index contributed by atoms with van der Waals surface area (Å²) in [6.45, 7) is -0.788. The number of ether oxygens (including phenoxy) is 3. The minimum Gasteiger partial charge on any atom is -0.481 e. The predicted octanol–water partition coefficient (Wildman–Crippen LogP) is 12.6. The highest BCUT2D eigenvalue weighted by atomic mass is 19.4. The summed E-state index contributed by atoms with van der Waals surface area (Å²) in [5, 5.41) is 16.4. The van der Waals surface area contributed by atoms with E-state index in [0.717, 1.165) is 79.9 Å². The van der Waals surface area contributed by atoms with Crippen LogP contribution in [-0.2, 0) is 33.0 Å². The Labute approximate surface area is 438 Å². The number of carbonyl (C=O) groups excluding carboxylic acids is 3. The van der Waals surface area contributed by atoms with Gasteiger partial charge in [-0.25, -0.2) is 22.4 Å². The summed E-state index contributed by atoms with van der Waals surface area (Å²) in [6.07, 6.45) is -30.9. The molecule has 0 saturated carbocycles. The number of rotatable bonds is 18. The Bertz CT molecular complexity index is 3180. The van der Waals surface area contributed by atoms with E-state index in [1.54, 1.807) is 0 Å². The molecule has 0 saturated heterocycles. The molecule has 0 aliphatic carbocycles. The average molecular weight is 1160 g/mol. The van der Waals surface area contributed by atoms with E-state index in [4.69, 9.17) is 0 Å². The second-order valence-corrected chi connectivity index (χ2v) is 16.6. The number of carbonyl (C=O) groups is 4. The van der Waals surface area contributed by atoms with E-state index in [1.807, 2.05) is 0 Å². The molecule has 4 N–H and O–H groups in total. The van der Waals surface area contributed by atoms with E-state index < -0.39 is 153 Å². The first-order valence-electron chi connectivity index (χ1n) is 22.0. The molecule has 0 bridgehead atoms. The van der Waals surface area contributed by atoms with Gasteiger partial charge in [-0.15, -0.1) is 0 Å². The molecule has 3 amide bonds. The largest absolute Gasteiger partial charge is 0.481 e. The van der Waals surface area contributed by atoms with Crippen molar-refractivity contribution in [3.63, 3.8) is 0 Å². The van der Waals surface area contributed by atoms with Gasteiger partial charge in [-0.05, 0) is 107 Å². The lowest BCUT2D eigenvalue weighted by molar-refractivity contribution is -0.253. The molecule has 0 aromatic heterocycles. The number of hydrogen-bond acceptors (Lipinski definition) is 7. The molecule has 0 unspecified atom stereocenters. The predicted molar refractivity (Wildman–Crippen MR) is 241 cm³/mol. The summed E-state index contributed by atoms with van der Waals surface area (Å²) < 4.78 is 254. The smallest absolute Gasteiger partial charge is 0.461 e. The van der Waals surface area contributed by atoms with Gasteiger partial charge in [-0.1, -0.05) is 36.4 Å². The van der Waals surface area contributed by atoms with Crippen LogP contribution in [0.4, 0.5) is 83.8 Å². The number of carboxylic acids is 1. The molecule has 6 aromatic carbocycles. The zero-order valence-electron chi connectivity index (χ0n) is 39.9. The Balaban J connectivity index is 0.000000294. The Kier molecular flexibility index (Phi) is 19.1. The fourth-order valence-corrected chi connectivity index (χ4v) is 7.44. The zero-order chi connectivity index (χ0) is 59.8. The Hall–Kier alpha value is -8.66. The Morgan fingerprint density at radius 2 is 0.850 bits per heavy atom. The Morgan fingerprint density at radius 1 is 0.475 bits per heavy atom. The molecule has 11 nitrogen and oxygen atoms in total. The third-order valence-corrected chi connectivity index (χ3v) is 11.1. The Morgan fingerprint density at radius 3 is 1.21 bits per heavy atom. The van der Waals surface area contributed by atoms with Crippen molar-refractivity contribution in [2.75, 3.05) is 13.7 Å². The van der Waals surface area contributed by atoms with E-state index in [9.17, 15) is 103 Å². The number of halogens is 18. The van der Waals surface area contributed by atoms with Gasteiger partial charge in [0.15, 0.2) is 0 Å². The van der Waals surface area contributed by atoms with Gasteiger partial charge in [0.05, 0.1) is 31.2 Å². The van der Waals surface area contributed by atoms with Gasteiger partial charge < -0.3 is 35.3 Å². The molecule has 2 atom stereocenters. The van der Waals surface area contributed by atoms with Crippen LogP contribution >= 0.6 is 0 Å². The summed E-state index contributed by atoms with van der Waals surface area (Å²) in [5.41, 5.74) is -9.93. The van der Waals surface area contributed by atoms with Crippen molar-refractivity contribution in [3.05, 3.63) is 201 Å². The number of nitrogens with one attached hydrogen (secondary N) is 3. The van der Waals surface area contributed by atoms with Crippen LogP contribution < -0.4 is 25.4 Å². The summed E-state index contributed by atoms with van der Waals surface area (Å²) >= 11 is 0. The summed E-state index contributed by atoms with van der Waals surface area (Å²) in [5.74, 6) is -10.9. The lowest BCUT2D eigenvalue weighted by atomic mass is 9.79. The van der Waals surface area contributed by atoms with Gasteiger partial charge in [-0.2, -0.15) is 61.5 Å². The number of alkyl halides is 14. The minimum absolute atomic E-state index is 0.146. The van der Waals surface area contributed by atoms with Crippen molar-refractivity contribution >= 4 is 23.9 Å². The molecule has 6 aromatic rings. The molecular weight excluding hydrogens is 1120 g/mol. The molecule has 0 aliphatic heterocycles. The first-order chi connectivity index (χ1) is 37.1. The van der Waals surface area contributed by atoms with Crippen molar-refractivity contribution in [2.24, 2.45) is 0 Å². The summed E-state index contributed by atoms with van der Waals surface area (Å²) in [6, 6.07) is 16.4. The van der Waals surface area contributed by atoms with Crippen molar-refractivity contribution in [3.8, 4) is 11.5 Å². The number of aliphatic carboxylic acids is 1. The van der Waals surface area contributed by atoms with E-state index in [2.05, 4.69) is 30.2 Å². The van der Waals surface area contributed by atoms with Gasteiger partial charge in [0.1, 0.15) is 45.8 Å². The second kappa shape index (κ2) is 24.6. The van der Waals surface area contributed by atoms with E-state index in [-0.39, 0.29) is 17.2 Å². The third-order valence-electron chi connectivity index (χ3n) is 11.1. The quantitative estimate of drug-likeness (QED) is 0.0621. The summed E-state index contributed by atoms with van der Waals surface area (Å²) in [7, 11) is 0.955. The topological polar surface area (TPSA) is 152 Å². The standard InChI is InChI=1S/C26H19F9N2O4.C25H16F9NO4/c1-40-23(39)36-13-24(15-5-7-18(27)8-6-15,37-21(38)14-3-2-4-16(9-14)25(31,32)33)17-10-19(28)12-20(11-17)41-26(34,35)22(29)30;26-17-6-4-14(5-7-17)23(12-20(36)37,35-21(38)13-2-1-3-15(8-13)24(30,31)32)16-9-18(27)11-19(10-16)39-25(33,34)22(28)29/h2-12,22H,13H2,1H3,(H,36,39)(H,37,38);1-11,22H,12H2,(H,35,38)(H,36,37)/t24-;23-/m11/s1. The number of alkyl carbamates (subject to hydrolysis) is 1. The van der Waals surface area contributed by atoms with Crippen molar-refractivity contribution in [2.45, 2.75) is 54.9 Å². The van der Waals surface area contributed by atoms with Gasteiger partial charge in [0, 0.05) is 23.3 Å². The first-order valence-corrected chi connectivity index (χ1v) is 22.0. The van der Waals surface area contributed by atoms with Crippen LogP contribution in [0.1, 0.15) is 60.5 Å². The van der Waals surface area contributed by atoms with Gasteiger partial charge >= 0.3 is 49.5 Å². The lowest BCUT2D eigenvalue weighted by Crippen LogP contribution is -2.54. The highest BCUT2D eigenvalue weighted by Gasteiger charge is 2.47. The van der Waals surface area contributed by atoms with Crippen molar-refractivity contribution in [1.29, 1.82) is 0 Å². The van der Waals surface area contributed by atoms with Crippen molar-refractivity contribution < 1.29 is 118 Å². The maximum atomic E-state index is 14.7. The number of amides is 3. The third kappa shape index (κ3) is 15.5. The molecule has 0 radical (unpaired) electrons. The van der Waals surface area contributed by atoms with Crippen LogP contribution in [0.15, 0.2) is 133 Å². The van der Waals surface area contributed by atoms with Crippen LogP contribution in [0.2, 0.25) is 0 Å². The second-order valence-electron chi connectivity index (χ2n) is 16.6. The molecule has 428 valence electrons. The van der Waals surface area contributed by atoms with Crippen LogP contribution in [0.5, 0.6) is 11.5 Å². The van der Waals surface area contributed by atoms with Crippen LogP contribution in [0, 0.1) is 23.3 Å². The maximum Gasteiger partial charge on any atom is 0.461 e. The van der Waals surface area contributed by atoms with Crippen LogP contribution in [-0.4, -0.2) is 67.7 Å². The monoisotopic (exact) mass is 1160 g/mol. The summed E-state index contributed by atoms with van der Waals surface area (Å²) in [4.78, 5) is 50.3. The van der Waals surface area contributed by atoms with Crippen LogP contribution in [0.25, 0.3) is 0 Å². The average Bonchev–Trinajstić information content (AvgIpc) is 3.58. The fourth-order valence-electron chi connectivity index (χ4n) is 7.44. The highest BCUT2D eigenvalue weighted by molar-refractivity contribution is 5.96. The van der Waals surface area contributed by atoms with E-state index >= 15 is 0 Å². The number of benzene rings is 6. The van der Waals surface area contributed by atoms with Crippen molar-refractivity contribution in [1.82, 2.24) is 16.0 Å². The van der Waals surface area contributed by atoms with Gasteiger partial charge in [0.25, 0.3) is 11.8 Å². The maximum absolute atomic E-state index is 14.7. The SMILES string of the molecule is COC(=O)NC[C@@](NC(=O)c1cccc(C(F)(F)F)c1)(c1ccc(F)cc1)c1cc(F)cc(OC(F)(F)C(F)F)c1.O=C(O)C[C@@](NC(=O)c1cccc(C(F)(F)F)c1)(c1ccc(F)cc1)c1cc(F)cc(OC(F)(F)C(F)F)c1. The number of methoxy groups -OCH3 is 1. The molecular formula is C51H35F18N3O8. The molecule has 6 rings (SSSR count).